The third kappa shape index (κ3) is 4.40. The third-order valence-electron chi connectivity index (χ3n) is 3.87. The number of thiophene rings is 1. The van der Waals surface area contributed by atoms with Gasteiger partial charge in [0.15, 0.2) is 11.5 Å². The molecule has 0 bridgehead atoms. The van der Waals surface area contributed by atoms with E-state index in [4.69, 9.17) is 4.52 Å². The second kappa shape index (κ2) is 7.25. The van der Waals surface area contributed by atoms with Crippen LogP contribution in [0.2, 0.25) is 0 Å². The average Bonchev–Trinajstić information content (AvgIpc) is 3.14. The standard InChI is InChI=1S/C16H21N3O3S/c1-11-4-5-14(23-11)8-17-16(21)15-7-13(22-18-15)10-19-6-2-3-12(20)9-19/h4-5,7,12,20H,2-3,6,8-10H2,1H3,(H,17,21). The highest BCUT2D eigenvalue weighted by Crippen LogP contribution is 2.16. The number of nitrogens with zero attached hydrogens (tertiary/aromatic N) is 2. The summed E-state index contributed by atoms with van der Waals surface area (Å²) >= 11 is 1.66. The van der Waals surface area contributed by atoms with E-state index in [0.29, 0.717) is 31.1 Å². The van der Waals surface area contributed by atoms with Crippen LogP contribution in [-0.2, 0) is 13.1 Å². The minimum absolute atomic E-state index is 0.232. The number of carbonyl (C=O) groups is 1. The quantitative estimate of drug-likeness (QED) is 0.873. The van der Waals surface area contributed by atoms with Gasteiger partial charge in [-0.05, 0) is 38.4 Å². The maximum Gasteiger partial charge on any atom is 0.273 e. The van der Waals surface area contributed by atoms with Gasteiger partial charge in [-0.2, -0.15) is 0 Å². The molecule has 0 saturated carbocycles. The Labute approximate surface area is 139 Å². The summed E-state index contributed by atoms with van der Waals surface area (Å²) in [6.07, 6.45) is 1.55. The molecule has 0 aliphatic carbocycles. The first-order chi connectivity index (χ1) is 11.1. The number of β-amino-alcohol motifs (C(OH)–C–C–N with tert-alkyl or cyclic N) is 1. The summed E-state index contributed by atoms with van der Waals surface area (Å²) in [5.74, 6) is 0.418. The van der Waals surface area contributed by atoms with Crippen LogP contribution in [0.15, 0.2) is 22.7 Å². The minimum Gasteiger partial charge on any atom is -0.392 e. The van der Waals surface area contributed by atoms with Gasteiger partial charge in [-0.25, -0.2) is 0 Å². The molecule has 6 nitrogen and oxygen atoms in total. The summed E-state index contributed by atoms with van der Waals surface area (Å²) in [6, 6.07) is 5.72. The van der Waals surface area contributed by atoms with E-state index >= 15 is 0 Å². The second-order valence-corrected chi connectivity index (χ2v) is 7.28. The van der Waals surface area contributed by atoms with Crippen LogP contribution in [0.1, 0.15) is 38.8 Å². The Balaban J connectivity index is 1.52. The molecule has 2 aromatic rings. The lowest BCUT2D eigenvalue weighted by Crippen LogP contribution is -2.37. The van der Waals surface area contributed by atoms with Crippen molar-refractivity contribution < 1.29 is 14.4 Å². The largest absolute Gasteiger partial charge is 0.392 e. The first-order valence-corrected chi connectivity index (χ1v) is 8.61. The lowest BCUT2D eigenvalue weighted by molar-refractivity contribution is 0.0622. The van der Waals surface area contributed by atoms with Crippen molar-refractivity contribution in [1.29, 1.82) is 0 Å². The van der Waals surface area contributed by atoms with Crippen LogP contribution in [-0.4, -0.2) is 40.3 Å². The Bertz CT molecular complexity index is 667. The van der Waals surface area contributed by atoms with Crippen LogP contribution in [0.25, 0.3) is 0 Å². The topological polar surface area (TPSA) is 78.6 Å². The normalized spacial score (nSPS) is 19.0. The zero-order valence-corrected chi connectivity index (χ0v) is 13.9. The molecule has 23 heavy (non-hydrogen) atoms. The van der Waals surface area contributed by atoms with Crippen molar-refractivity contribution >= 4 is 17.2 Å². The number of aryl methyl sites for hydroxylation is 1. The van der Waals surface area contributed by atoms with Gasteiger partial charge >= 0.3 is 0 Å². The fraction of sp³-hybridized carbons (Fsp3) is 0.500. The van der Waals surface area contributed by atoms with Gasteiger partial charge in [-0.15, -0.1) is 11.3 Å². The van der Waals surface area contributed by atoms with Gasteiger partial charge in [0.05, 0.1) is 19.2 Å². The molecule has 3 heterocycles. The van der Waals surface area contributed by atoms with E-state index in [2.05, 4.69) is 15.4 Å². The number of piperidine rings is 1. The van der Waals surface area contributed by atoms with Crippen molar-refractivity contribution in [3.63, 3.8) is 0 Å². The van der Waals surface area contributed by atoms with Crippen molar-refractivity contribution in [1.82, 2.24) is 15.4 Å². The van der Waals surface area contributed by atoms with E-state index in [-0.39, 0.29) is 12.0 Å². The van der Waals surface area contributed by atoms with E-state index in [1.165, 1.54) is 4.88 Å². The summed E-state index contributed by atoms with van der Waals surface area (Å²) in [4.78, 5) is 16.6. The van der Waals surface area contributed by atoms with Crippen LogP contribution in [0.4, 0.5) is 0 Å². The van der Waals surface area contributed by atoms with Crippen molar-refractivity contribution in [3.05, 3.63) is 39.4 Å². The molecule has 1 aliphatic rings. The first-order valence-electron chi connectivity index (χ1n) is 7.79. The van der Waals surface area contributed by atoms with Crippen LogP contribution in [0, 0.1) is 6.92 Å². The summed E-state index contributed by atoms with van der Waals surface area (Å²) in [7, 11) is 0. The molecule has 124 valence electrons. The Hall–Kier alpha value is -1.70. The minimum atomic E-state index is -0.274. The molecule has 0 aromatic carbocycles. The number of hydrogen-bond donors (Lipinski definition) is 2. The van der Waals surface area contributed by atoms with Gasteiger partial charge in [-0.3, -0.25) is 9.69 Å². The fourth-order valence-corrected chi connectivity index (χ4v) is 3.56. The number of hydrogen-bond acceptors (Lipinski definition) is 6. The number of aliphatic hydroxyl groups excluding tert-OH is 1. The molecule has 1 atom stereocenters. The average molecular weight is 335 g/mol. The smallest absolute Gasteiger partial charge is 0.273 e. The van der Waals surface area contributed by atoms with E-state index < -0.39 is 0 Å². The van der Waals surface area contributed by atoms with Gasteiger partial charge in [-0.1, -0.05) is 5.16 Å². The molecular weight excluding hydrogens is 314 g/mol. The van der Waals surface area contributed by atoms with Crippen molar-refractivity contribution in [2.45, 2.75) is 39.0 Å². The maximum atomic E-state index is 12.1. The summed E-state index contributed by atoms with van der Waals surface area (Å²) in [6.45, 7) is 4.67. The maximum absolute atomic E-state index is 12.1. The van der Waals surface area contributed by atoms with E-state index in [1.54, 1.807) is 17.4 Å². The molecule has 0 radical (unpaired) electrons. The molecule has 3 rings (SSSR count). The lowest BCUT2D eigenvalue weighted by Gasteiger charge is -2.28. The second-order valence-electron chi connectivity index (χ2n) is 5.90. The van der Waals surface area contributed by atoms with E-state index in [9.17, 15) is 9.90 Å². The van der Waals surface area contributed by atoms with Gasteiger partial charge in [0.2, 0.25) is 0 Å². The molecule has 7 heteroatoms. The Morgan fingerprint density at radius 1 is 1.57 bits per heavy atom. The summed E-state index contributed by atoms with van der Waals surface area (Å²) < 4.78 is 5.25. The molecule has 1 amide bonds. The molecule has 1 aliphatic heterocycles. The molecule has 1 fully saturated rings. The predicted molar refractivity (Wildman–Crippen MR) is 87.2 cm³/mol. The lowest BCUT2D eigenvalue weighted by atomic mass is 10.1. The van der Waals surface area contributed by atoms with E-state index in [0.717, 1.165) is 24.3 Å². The number of rotatable bonds is 5. The summed E-state index contributed by atoms with van der Waals surface area (Å²) in [5.41, 5.74) is 0.297. The molecule has 1 unspecified atom stereocenters. The Morgan fingerprint density at radius 3 is 3.17 bits per heavy atom. The van der Waals surface area contributed by atoms with Gasteiger partial charge in [0.1, 0.15) is 0 Å². The van der Waals surface area contributed by atoms with Crippen LogP contribution >= 0.6 is 11.3 Å². The zero-order valence-electron chi connectivity index (χ0n) is 13.1. The molecule has 2 N–H and O–H groups in total. The highest BCUT2D eigenvalue weighted by molar-refractivity contribution is 7.11. The van der Waals surface area contributed by atoms with Gasteiger partial charge < -0.3 is 14.9 Å². The van der Waals surface area contributed by atoms with Gasteiger partial charge in [0, 0.05) is 22.4 Å². The highest BCUT2D eigenvalue weighted by Gasteiger charge is 2.20. The van der Waals surface area contributed by atoms with Crippen LogP contribution in [0.3, 0.4) is 0 Å². The highest BCUT2D eigenvalue weighted by atomic mass is 32.1. The number of nitrogens with one attached hydrogen (secondary N) is 1. The molecule has 0 spiro atoms. The van der Waals surface area contributed by atoms with Crippen molar-refractivity contribution in [3.8, 4) is 0 Å². The van der Waals surface area contributed by atoms with Crippen LogP contribution < -0.4 is 5.32 Å². The van der Waals surface area contributed by atoms with E-state index in [1.807, 2.05) is 19.1 Å². The number of carbonyl (C=O) groups excluding carboxylic acids is 1. The first kappa shape index (κ1) is 16.2. The number of amides is 1. The SMILES string of the molecule is Cc1ccc(CNC(=O)c2cc(CN3CCCC(O)C3)on2)s1. The number of likely N-dealkylation sites (tertiary alicyclic amines) is 1. The summed E-state index contributed by atoms with van der Waals surface area (Å²) in [5, 5.41) is 16.4. The Kier molecular flexibility index (Phi) is 5.09. The monoisotopic (exact) mass is 335 g/mol. The molecular formula is C16H21N3O3S. The fourth-order valence-electron chi connectivity index (χ4n) is 2.73. The molecule has 2 aromatic heterocycles. The van der Waals surface area contributed by atoms with Crippen molar-refractivity contribution in [2.24, 2.45) is 0 Å². The number of aromatic nitrogens is 1. The predicted octanol–water partition coefficient (Wildman–Crippen LogP) is 1.93. The van der Waals surface area contributed by atoms with Crippen molar-refractivity contribution in [2.75, 3.05) is 13.1 Å². The van der Waals surface area contributed by atoms with Crippen LogP contribution in [0.5, 0.6) is 0 Å². The molecule has 1 saturated heterocycles. The third-order valence-corrected chi connectivity index (χ3v) is 4.87. The number of aliphatic hydroxyl groups is 1. The Morgan fingerprint density at radius 2 is 2.43 bits per heavy atom. The van der Waals surface area contributed by atoms with Gasteiger partial charge in [0.25, 0.3) is 5.91 Å². The zero-order chi connectivity index (χ0) is 16.2.